The van der Waals surface area contributed by atoms with Crippen molar-refractivity contribution in [3.63, 3.8) is 0 Å². The quantitative estimate of drug-likeness (QED) is 0.704. The van der Waals surface area contributed by atoms with Crippen LogP contribution in [0.2, 0.25) is 5.02 Å². The van der Waals surface area contributed by atoms with Crippen LogP contribution >= 0.6 is 11.6 Å². The minimum atomic E-state index is -0.306. The predicted octanol–water partition coefficient (Wildman–Crippen LogP) is 3.21. The van der Waals surface area contributed by atoms with Gasteiger partial charge in [-0.3, -0.25) is 0 Å². The molecule has 1 aromatic rings. The molecule has 1 aromatic carbocycles. The van der Waals surface area contributed by atoms with Crippen molar-refractivity contribution in [3.05, 3.63) is 34.3 Å². The molecule has 0 radical (unpaired) electrons. The zero-order valence-corrected chi connectivity index (χ0v) is 9.26. The average Bonchev–Trinajstić information content (AvgIpc) is 2.08. The Morgan fingerprint density at radius 2 is 2.07 bits per heavy atom. The van der Waals surface area contributed by atoms with Crippen LogP contribution in [0.25, 0.3) is 0 Å². The number of halogens is 1. The third-order valence-electron chi connectivity index (χ3n) is 1.74. The SMILES string of the molecule is Cc1cc(C(=O)OC(C)C)ccc1Cl. The van der Waals surface area contributed by atoms with Crippen molar-refractivity contribution in [2.24, 2.45) is 0 Å². The van der Waals surface area contributed by atoms with Crippen molar-refractivity contribution in [1.29, 1.82) is 0 Å². The summed E-state index contributed by atoms with van der Waals surface area (Å²) in [6.45, 7) is 5.50. The van der Waals surface area contributed by atoms with Crippen LogP contribution in [0, 0.1) is 6.92 Å². The van der Waals surface area contributed by atoms with E-state index in [1.54, 1.807) is 18.2 Å². The molecule has 0 aliphatic carbocycles. The lowest BCUT2D eigenvalue weighted by atomic mass is 10.1. The highest BCUT2D eigenvalue weighted by atomic mass is 35.5. The first-order chi connectivity index (χ1) is 6.50. The summed E-state index contributed by atoms with van der Waals surface area (Å²) in [5.74, 6) is -0.306. The standard InChI is InChI=1S/C11H13ClO2/c1-7(2)14-11(13)9-4-5-10(12)8(3)6-9/h4-7H,1-3H3. The molecule has 0 spiro atoms. The molecule has 0 bridgehead atoms. The van der Waals surface area contributed by atoms with Crippen LogP contribution in [0.15, 0.2) is 18.2 Å². The van der Waals surface area contributed by atoms with Gasteiger partial charge in [0.05, 0.1) is 11.7 Å². The highest BCUT2D eigenvalue weighted by Gasteiger charge is 2.09. The van der Waals surface area contributed by atoms with Crippen LogP contribution in [0.3, 0.4) is 0 Å². The van der Waals surface area contributed by atoms with E-state index < -0.39 is 0 Å². The third kappa shape index (κ3) is 2.74. The Kier molecular flexibility index (Phi) is 3.53. The van der Waals surface area contributed by atoms with Crippen molar-refractivity contribution in [2.45, 2.75) is 26.9 Å². The Bertz CT molecular complexity index is 345. The Labute approximate surface area is 88.8 Å². The molecule has 76 valence electrons. The molecule has 14 heavy (non-hydrogen) atoms. The number of carbonyl (C=O) groups excluding carboxylic acids is 1. The number of aryl methyl sites for hydroxylation is 1. The first kappa shape index (κ1) is 11.1. The van der Waals surface area contributed by atoms with Gasteiger partial charge in [0.25, 0.3) is 0 Å². The van der Waals surface area contributed by atoms with Gasteiger partial charge in [-0.1, -0.05) is 11.6 Å². The fraction of sp³-hybridized carbons (Fsp3) is 0.364. The maximum Gasteiger partial charge on any atom is 0.338 e. The number of carbonyl (C=O) groups is 1. The zero-order chi connectivity index (χ0) is 10.7. The number of benzene rings is 1. The number of ether oxygens (including phenoxy) is 1. The van der Waals surface area contributed by atoms with Gasteiger partial charge in [0, 0.05) is 5.02 Å². The normalized spacial score (nSPS) is 10.4. The Morgan fingerprint density at radius 1 is 1.43 bits per heavy atom. The molecule has 0 fully saturated rings. The summed E-state index contributed by atoms with van der Waals surface area (Å²) in [7, 11) is 0. The molecule has 0 saturated heterocycles. The first-order valence-corrected chi connectivity index (χ1v) is 4.85. The molecule has 0 atom stereocenters. The van der Waals surface area contributed by atoms with Gasteiger partial charge in [0.15, 0.2) is 0 Å². The maximum atomic E-state index is 11.5. The van der Waals surface area contributed by atoms with Gasteiger partial charge in [-0.25, -0.2) is 4.79 Å². The molecule has 0 amide bonds. The van der Waals surface area contributed by atoms with Crippen LogP contribution in [-0.4, -0.2) is 12.1 Å². The Balaban J connectivity index is 2.86. The van der Waals surface area contributed by atoms with Crippen molar-refractivity contribution >= 4 is 17.6 Å². The number of rotatable bonds is 2. The molecule has 0 aliphatic heterocycles. The van der Waals surface area contributed by atoms with Crippen molar-refractivity contribution in [2.75, 3.05) is 0 Å². The fourth-order valence-corrected chi connectivity index (χ4v) is 1.17. The smallest absolute Gasteiger partial charge is 0.338 e. The first-order valence-electron chi connectivity index (χ1n) is 4.48. The Hall–Kier alpha value is -1.02. The van der Waals surface area contributed by atoms with Crippen LogP contribution in [0.5, 0.6) is 0 Å². The predicted molar refractivity (Wildman–Crippen MR) is 56.7 cm³/mol. The molecule has 3 heteroatoms. The van der Waals surface area contributed by atoms with E-state index in [1.165, 1.54) is 0 Å². The summed E-state index contributed by atoms with van der Waals surface area (Å²) in [4.78, 5) is 11.5. The summed E-state index contributed by atoms with van der Waals surface area (Å²) < 4.78 is 5.05. The van der Waals surface area contributed by atoms with E-state index in [9.17, 15) is 4.79 Å². The average molecular weight is 213 g/mol. The molecule has 0 unspecified atom stereocenters. The fourth-order valence-electron chi connectivity index (χ4n) is 1.05. The van der Waals surface area contributed by atoms with Crippen LogP contribution < -0.4 is 0 Å². The topological polar surface area (TPSA) is 26.3 Å². The van der Waals surface area contributed by atoms with Crippen molar-refractivity contribution in [1.82, 2.24) is 0 Å². The second-order valence-corrected chi connectivity index (χ2v) is 3.83. The minimum Gasteiger partial charge on any atom is -0.459 e. The largest absolute Gasteiger partial charge is 0.459 e. The molecule has 0 aromatic heterocycles. The summed E-state index contributed by atoms with van der Waals surface area (Å²) in [6, 6.07) is 5.10. The lowest BCUT2D eigenvalue weighted by Crippen LogP contribution is -2.11. The van der Waals surface area contributed by atoms with E-state index in [1.807, 2.05) is 20.8 Å². The minimum absolute atomic E-state index is 0.0986. The van der Waals surface area contributed by atoms with E-state index in [-0.39, 0.29) is 12.1 Å². The molecule has 0 heterocycles. The highest BCUT2D eigenvalue weighted by Crippen LogP contribution is 2.17. The summed E-state index contributed by atoms with van der Waals surface area (Å²) >= 11 is 5.84. The van der Waals surface area contributed by atoms with Gasteiger partial charge in [-0.15, -0.1) is 0 Å². The molecule has 2 nitrogen and oxygen atoms in total. The number of esters is 1. The van der Waals surface area contributed by atoms with Gasteiger partial charge >= 0.3 is 5.97 Å². The highest BCUT2D eigenvalue weighted by molar-refractivity contribution is 6.31. The van der Waals surface area contributed by atoms with Gasteiger partial charge < -0.3 is 4.74 Å². The van der Waals surface area contributed by atoms with E-state index in [0.29, 0.717) is 10.6 Å². The molecule has 0 saturated carbocycles. The lowest BCUT2D eigenvalue weighted by molar-refractivity contribution is 0.0378. The molecule has 0 aliphatic rings. The van der Waals surface area contributed by atoms with Crippen LogP contribution in [0.1, 0.15) is 29.8 Å². The van der Waals surface area contributed by atoms with E-state index in [4.69, 9.17) is 16.3 Å². The Morgan fingerprint density at radius 3 is 2.57 bits per heavy atom. The molecule has 1 rings (SSSR count). The van der Waals surface area contributed by atoms with Crippen LogP contribution in [0.4, 0.5) is 0 Å². The van der Waals surface area contributed by atoms with Gasteiger partial charge in [-0.2, -0.15) is 0 Å². The monoisotopic (exact) mass is 212 g/mol. The second kappa shape index (κ2) is 4.47. The summed E-state index contributed by atoms with van der Waals surface area (Å²) in [6.07, 6.45) is -0.0986. The second-order valence-electron chi connectivity index (χ2n) is 3.42. The van der Waals surface area contributed by atoms with E-state index >= 15 is 0 Å². The summed E-state index contributed by atoms with van der Waals surface area (Å²) in [5, 5.41) is 0.658. The number of hydrogen-bond acceptors (Lipinski definition) is 2. The number of hydrogen-bond donors (Lipinski definition) is 0. The maximum absolute atomic E-state index is 11.5. The zero-order valence-electron chi connectivity index (χ0n) is 8.50. The molecular weight excluding hydrogens is 200 g/mol. The van der Waals surface area contributed by atoms with Crippen LogP contribution in [-0.2, 0) is 4.74 Å². The van der Waals surface area contributed by atoms with Crippen molar-refractivity contribution in [3.8, 4) is 0 Å². The van der Waals surface area contributed by atoms with E-state index in [0.717, 1.165) is 5.56 Å². The molecular formula is C11H13ClO2. The lowest BCUT2D eigenvalue weighted by Gasteiger charge is -2.08. The molecule has 0 N–H and O–H groups in total. The van der Waals surface area contributed by atoms with Gasteiger partial charge in [0.1, 0.15) is 0 Å². The summed E-state index contributed by atoms with van der Waals surface area (Å²) in [5.41, 5.74) is 1.42. The van der Waals surface area contributed by atoms with E-state index in [2.05, 4.69) is 0 Å². The van der Waals surface area contributed by atoms with Gasteiger partial charge in [-0.05, 0) is 44.5 Å². The third-order valence-corrected chi connectivity index (χ3v) is 2.16. The van der Waals surface area contributed by atoms with Crippen molar-refractivity contribution < 1.29 is 9.53 Å². The van der Waals surface area contributed by atoms with Gasteiger partial charge in [0.2, 0.25) is 0 Å².